The van der Waals surface area contributed by atoms with Crippen molar-refractivity contribution in [2.45, 2.75) is 39.3 Å². The van der Waals surface area contributed by atoms with Gasteiger partial charge in [0.2, 0.25) is 5.91 Å². The lowest BCUT2D eigenvalue weighted by Gasteiger charge is -2.36. The number of rotatable bonds is 5. The molecule has 3 aliphatic heterocycles. The van der Waals surface area contributed by atoms with E-state index in [4.69, 9.17) is 4.52 Å². The fraction of sp³-hybridized carbons (Fsp3) is 0.455. The van der Waals surface area contributed by atoms with Gasteiger partial charge < -0.3 is 9.42 Å². The second-order valence-electron chi connectivity index (χ2n) is 7.73. The van der Waals surface area contributed by atoms with E-state index in [1.807, 2.05) is 19.9 Å². The van der Waals surface area contributed by atoms with Gasteiger partial charge in [-0.25, -0.2) is 0 Å². The van der Waals surface area contributed by atoms with Gasteiger partial charge in [0.05, 0.1) is 18.2 Å². The lowest BCUT2D eigenvalue weighted by molar-refractivity contribution is -0.140. The van der Waals surface area contributed by atoms with Crippen molar-refractivity contribution in [2.75, 3.05) is 19.6 Å². The highest BCUT2D eigenvalue weighted by Crippen LogP contribution is 2.31. The highest BCUT2D eigenvalue weighted by molar-refractivity contribution is 5.80. The number of piperidine rings is 1. The van der Waals surface area contributed by atoms with E-state index in [1.54, 1.807) is 0 Å². The van der Waals surface area contributed by atoms with Gasteiger partial charge in [-0.3, -0.25) is 9.69 Å². The average Bonchev–Trinajstić information content (AvgIpc) is 2.84. The molecule has 3 aliphatic rings. The van der Waals surface area contributed by atoms with Crippen molar-refractivity contribution in [3.8, 4) is 0 Å². The fourth-order valence-electron chi connectivity index (χ4n) is 4.29. The van der Waals surface area contributed by atoms with Crippen molar-refractivity contribution in [1.82, 2.24) is 15.0 Å². The molecule has 0 radical (unpaired) electrons. The second-order valence-corrected chi connectivity index (χ2v) is 7.73. The zero-order chi connectivity index (χ0) is 18.8. The Bertz CT molecular complexity index is 808. The number of carbonyl (C=O) groups is 1. The third-order valence-electron chi connectivity index (χ3n) is 5.85. The van der Waals surface area contributed by atoms with Gasteiger partial charge in [0.25, 0.3) is 0 Å². The summed E-state index contributed by atoms with van der Waals surface area (Å²) in [6, 6.07) is 10.6. The smallest absolute Gasteiger partial charge is 0.227 e. The number of hydrogen-bond donors (Lipinski definition) is 0. The summed E-state index contributed by atoms with van der Waals surface area (Å²) in [7, 11) is 0. The van der Waals surface area contributed by atoms with Crippen LogP contribution < -0.4 is 0 Å². The fourth-order valence-corrected chi connectivity index (χ4v) is 4.29. The largest absolute Gasteiger partial charge is 0.361 e. The quantitative estimate of drug-likeness (QED) is 0.815. The van der Waals surface area contributed by atoms with Crippen molar-refractivity contribution < 1.29 is 9.32 Å². The maximum atomic E-state index is 13.0. The van der Waals surface area contributed by atoms with Crippen molar-refractivity contribution in [1.29, 1.82) is 0 Å². The minimum atomic E-state index is 0.106. The molecule has 0 saturated carbocycles. The number of carbonyl (C=O) groups excluding carboxylic acids is 1. The van der Waals surface area contributed by atoms with E-state index in [0.29, 0.717) is 12.5 Å². The predicted octanol–water partition coefficient (Wildman–Crippen LogP) is 3.43. The zero-order valence-electron chi connectivity index (χ0n) is 16.1. The summed E-state index contributed by atoms with van der Waals surface area (Å²) < 4.78 is 5.29. The standard InChI is InChI=1S/C22H27N3O2/c1-16-21(17(2)27-23-16)15-25-20-11-10-19(22(25)26)13-24(14-20)12-6-9-18-7-4-3-5-8-18/h3-9,19-20H,10-15H2,1-2H3/b9-6+/t19-,20+/m0/s1. The lowest BCUT2D eigenvalue weighted by Crippen LogP contribution is -2.47. The number of amides is 1. The highest BCUT2D eigenvalue weighted by atomic mass is 16.5. The number of aryl methyl sites for hydroxylation is 2. The first-order valence-electron chi connectivity index (χ1n) is 9.78. The number of hydrogen-bond acceptors (Lipinski definition) is 4. The molecule has 2 atom stereocenters. The van der Waals surface area contributed by atoms with Crippen LogP contribution in [-0.4, -0.2) is 46.5 Å². The maximum Gasteiger partial charge on any atom is 0.227 e. The van der Waals surface area contributed by atoms with Crippen LogP contribution in [0.2, 0.25) is 0 Å². The van der Waals surface area contributed by atoms with Crippen molar-refractivity contribution in [2.24, 2.45) is 5.92 Å². The Hall–Kier alpha value is -2.40. The molecule has 0 unspecified atom stereocenters. The van der Waals surface area contributed by atoms with Gasteiger partial charge in [0, 0.05) is 31.2 Å². The Balaban J connectivity index is 1.45. The summed E-state index contributed by atoms with van der Waals surface area (Å²) in [4.78, 5) is 17.5. The van der Waals surface area contributed by atoms with Gasteiger partial charge in [-0.15, -0.1) is 0 Å². The van der Waals surface area contributed by atoms with E-state index in [1.165, 1.54) is 5.56 Å². The molecular formula is C22H27N3O2. The average molecular weight is 365 g/mol. The van der Waals surface area contributed by atoms with Crippen LogP contribution in [0.25, 0.3) is 6.08 Å². The molecule has 1 aromatic carbocycles. The monoisotopic (exact) mass is 365 g/mol. The normalized spacial score (nSPS) is 23.3. The van der Waals surface area contributed by atoms with Crippen LogP contribution in [-0.2, 0) is 11.3 Å². The molecule has 5 heteroatoms. The molecule has 5 rings (SSSR count). The van der Waals surface area contributed by atoms with Crippen LogP contribution in [0, 0.1) is 19.8 Å². The van der Waals surface area contributed by atoms with Gasteiger partial charge >= 0.3 is 0 Å². The van der Waals surface area contributed by atoms with Crippen LogP contribution in [0.3, 0.4) is 0 Å². The molecule has 1 amide bonds. The van der Waals surface area contributed by atoms with Gasteiger partial charge in [-0.2, -0.15) is 0 Å². The van der Waals surface area contributed by atoms with E-state index >= 15 is 0 Å². The summed E-state index contributed by atoms with van der Waals surface area (Å²) >= 11 is 0. The SMILES string of the molecule is Cc1noc(C)c1CN1C(=O)[C@H]2CC[C@@H]1CN(C/C=C/c1ccccc1)C2. The summed E-state index contributed by atoms with van der Waals surface area (Å²) in [6.45, 7) is 7.17. The van der Waals surface area contributed by atoms with E-state index in [-0.39, 0.29) is 12.0 Å². The molecule has 0 aliphatic carbocycles. The molecular weight excluding hydrogens is 338 g/mol. The highest BCUT2D eigenvalue weighted by Gasteiger charge is 2.40. The van der Waals surface area contributed by atoms with E-state index in [9.17, 15) is 4.79 Å². The first-order chi connectivity index (χ1) is 13.1. The Morgan fingerprint density at radius 1 is 1.19 bits per heavy atom. The summed E-state index contributed by atoms with van der Waals surface area (Å²) in [5, 5.41) is 4.04. The van der Waals surface area contributed by atoms with Crippen molar-refractivity contribution in [3.63, 3.8) is 0 Å². The predicted molar refractivity (Wildman–Crippen MR) is 105 cm³/mol. The molecule has 2 aromatic rings. The van der Waals surface area contributed by atoms with Crippen LogP contribution in [0.4, 0.5) is 0 Å². The van der Waals surface area contributed by atoms with E-state index in [2.05, 4.69) is 51.4 Å². The number of nitrogens with zero attached hydrogens (tertiary/aromatic N) is 3. The molecule has 5 nitrogen and oxygen atoms in total. The van der Waals surface area contributed by atoms with Gasteiger partial charge in [-0.1, -0.05) is 47.6 Å². The van der Waals surface area contributed by atoms with Crippen LogP contribution in [0.1, 0.15) is 35.4 Å². The third-order valence-corrected chi connectivity index (χ3v) is 5.85. The van der Waals surface area contributed by atoms with E-state index in [0.717, 1.165) is 49.5 Å². The van der Waals surface area contributed by atoms with Crippen molar-refractivity contribution in [3.05, 3.63) is 59.0 Å². The van der Waals surface area contributed by atoms with Gasteiger partial charge in [-0.05, 0) is 32.3 Å². The Morgan fingerprint density at radius 3 is 2.74 bits per heavy atom. The zero-order valence-corrected chi connectivity index (χ0v) is 16.1. The Morgan fingerprint density at radius 2 is 2.00 bits per heavy atom. The maximum absolute atomic E-state index is 13.0. The van der Waals surface area contributed by atoms with Gasteiger partial charge in [0.15, 0.2) is 0 Å². The van der Waals surface area contributed by atoms with Crippen LogP contribution in [0.5, 0.6) is 0 Å². The summed E-state index contributed by atoms with van der Waals surface area (Å²) in [5.74, 6) is 1.22. The van der Waals surface area contributed by atoms with E-state index < -0.39 is 0 Å². The first kappa shape index (κ1) is 18.0. The topological polar surface area (TPSA) is 49.6 Å². The minimum absolute atomic E-state index is 0.106. The summed E-state index contributed by atoms with van der Waals surface area (Å²) in [5.41, 5.74) is 3.17. The second kappa shape index (κ2) is 7.69. The molecule has 4 heterocycles. The first-order valence-corrected chi connectivity index (χ1v) is 9.78. The molecule has 2 bridgehead atoms. The number of benzene rings is 1. The molecule has 27 heavy (non-hydrogen) atoms. The summed E-state index contributed by atoms with van der Waals surface area (Å²) in [6.07, 6.45) is 6.46. The molecule has 0 spiro atoms. The minimum Gasteiger partial charge on any atom is -0.361 e. The number of fused-ring (bicyclic) bond motifs is 4. The van der Waals surface area contributed by atoms with Gasteiger partial charge in [0.1, 0.15) is 5.76 Å². The molecule has 3 fully saturated rings. The van der Waals surface area contributed by atoms with Crippen LogP contribution in [0.15, 0.2) is 40.9 Å². The molecule has 1 aromatic heterocycles. The molecule has 0 N–H and O–H groups in total. The number of aromatic nitrogens is 1. The van der Waals surface area contributed by atoms with Crippen molar-refractivity contribution >= 4 is 12.0 Å². The Kier molecular flexibility index (Phi) is 5.12. The lowest BCUT2D eigenvalue weighted by atomic mass is 9.93. The van der Waals surface area contributed by atoms with Crippen LogP contribution >= 0.6 is 0 Å². The molecule has 3 saturated heterocycles. The molecule has 142 valence electrons. The third kappa shape index (κ3) is 3.83. The Labute approximate surface area is 160 Å².